The number of piperazine rings is 1. The van der Waals surface area contributed by atoms with E-state index in [4.69, 9.17) is 21.1 Å². The molecule has 1 saturated heterocycles. The number of anilines is 1. The van der Waals surface area contributed by atoms with Crippen molar-refractivity contribution in [3.05, 3.63) is 59.1 Å². The Bertz CT molecular complexity index is 1220. The minimum absolute atomic E-state index is 0.196. The molecule has 0 bridgehead atoms. The maximum Gasteiger partial charge on any atom is 0.260 e. The SMILES string of the molecule is COc1ccc(C2CC(C(F)F)n3nc(-c4ccc(Cl)cc4)cc3N2)cc1OC.C[C@H]1CNCCN1C=O. The largest absolute Gasteiger partial charge is 0.493 e. The molecule has 2 aliphatic rings. The molecule has 0 aliphatic carbocycles. The van der Waals surface area contributed by atoms with Crippen LogP contribution in [-0.4, -0.2) is 67.4 Å². The van der Waals surface area contributed by atoms with Crippen molar-refractivity contribution in [3.8, 4) is 22.8 Å². The molecular weight excluding hydrogens is 516 g/mol. The number of carbonyl (C=O) groups excluding carboxylic acids is 1. The lowest BCUT2D eigenvalue weighted by Gasteiger charge is -2.32. The van der Waals surface area contributed by atoms with Crippen LogP contribution in [0, 0.1) is 0 Å². The summed E-state index contributed by atoms with van der Waals surface area (Å²) in [5, 5.41) is 11.6. The van der Waals surface area contributed by atoms with Crippen molar-refractivity contribution in [2.24, 2.45) is 0 Å². The van der Waals surface area contributed by atoms with Gasteiger partial charge in [-0.2, -0.15) is 5.10 Å². The van der Waals surface area contributed by atoms with Crippen LogP contribution in [0.1, 0.15) is 31.0 Å². The number of nitrogens with zero attached hydrogens (tertiary/aromatic N) is 3. The van der Waals surface area contributed by atoms with E-state index in [-0.39, 0.29) is 12.5 Å². The molecule has 0 radical (unpaired) electrons. The van der Waals surface area contributed by atoms with Gasteiger partial charge < -0.3 is 25.0 Å². The molecular formula is C27H32ClF2N5O3. The monoisotopic (exact) mass is 547 g/mol. The number of aromatic nitrogens is 2. The number of alkyl halides is 2. The highest BCUT2D eigenvalue weighted by Gasteiger charge is 2.35. The van der Waals surface area contributed by atoms with Crippen LogP contribution in [0.15, 0.2) is 48.5 Å². The van der Waals surface area contributed by atoms with Gasteiger partial charge in [-0.3, -0.25) is 4.79 Å². The Morgan fingerprint density at radius 2 is 1.84 bits per heavy atom. The van der Waals surface area contributed by atoms with E-state index < -0.39 is 12.5 Å². The first-order chi connectivity index (χ1) is 18.3. The van der Waals surface area contributed by atoms with Crippen molar-refractivity contribution in [3.63, 3.8) is 0 Å². The van der Waals surface area contributed by atoms with Gasteiger partial charge in [0, 0.05) is 42.3 Å². The molecule has 2 N–H and O–H groups in total. The summed E-state index contributed by atoms with van der Waals surface area (Å²) in [5.74, 6) is 1.69. The fraction of sp³-hybridized carbons (Fsp3) is 0.407. The number of amides is 1. The molecule has 1 aromatic heterocycles. The zero-order valence-electron chi connectivity index (χ0n) is 21.5. The molecule has 2 unspecified atom stereocenters. The fourth-order valence-corrected chi connectivity index (χ4v) is 4.73. The molecule has 11 heteroatoms. The van der Waals surface area contributed by atoms with Gasteiger partial charge in [0.1, 0.15) is 11.9 Å². The lowest BCUT2D eigenvalue weighted by molar-refractivity contribution is -0.120. The summed E-state index contributed by atoms with van der Waals surface area (Å²) in [5.41, 5.74) is 2.27. The van der Waals surface area contributed by atoms with Crippen LogP contribution in [0.2, 0.25) is 5.02 Å². The first kappa shape index (κ1) is 27.7. The highest BCUT2D eigenvalue weighted by Crippen LogP contribution is 2.41. The van der Waals surface area contributed by atoms with Gasteiger partial charge in [0.15, 0.2) is 11.5 Å². The van der Waals surface area contributed by atoms with Gasteiger partial charge in [-0.15, -0.1) is 0 Å². The van der Waals surface area contributed by atoms with Gasteiger partial charge in [0.2, 0.25) is 6.41 Å². The summed E-state index contributed by atoms with van der Waals surface area (Å²) in [4.78, 5) is 12.1. The van der Waals surface area contributed by atoms with Gasteiger partial charge in [0.05, 0.1) is 26.0 Å². The number of ether oxygens (including phenoxy) is 2. The van der Waals surface area contributed by atoms with Crippen molar-refractivity contribution in [1.29, 1.82) is 0 Å². The Morgan fingerprint density at radius 3 is 2.45 bits per heavy atom. The molecule has 204 valence electrons. The van der Waals surface area contributed by atoms with Crippen molar-refractivity contribution < 1.29 is 23.0 Å². The van der Waals surface area contributed by atoms with Crippen LogP contribution >= 0.6 is 11.6 Å². The molecule has 2 aliphatic heterocycles. The van der Waals surface area contributed by atoms with Gasteiger partial charge in [-0.05, 0) is 43.2 Å². The second-order valence-corrected chi connectivity index (χ2v) is 9.65. The number of hydrogen-bond acceptors (Lipinski definition) is 6. The number of rotatable bonds is 6. The minimum Gasteiger partial charge on any atom is -0.493 e. The third-order valence-corrected chi connectivity index (χ3v) is 7.03. The number of carbonyl (C=O) groups is 1. The summed E-state index contributed by atoms with van der Waals surface area (Å²) in [6.45, 7) is 4.76. The predicted octanol–water partition coefficient (Wildman–Crippen LogP) is 5.02. The Balaban J connectivity index is 0.000000317. The van der Waals surface area contributed by atoms with Gasteiger partial charge in [-0.25, -0.2) is 13.5 Å². The van der Waals surface area contributed by atoms with Crippen molar-refractivity contribution in [1.82, 2.24) is 20.0 Å². The smallest absolute Gasteiger partial charge is 0.260 e. The zero-order chi connectivity index (χ0) is 27.2. The van der Waals surface area contributed by atoms with E-state index in [0.717, 1.165) is 37.2 Å². The first-order valence-corrected chi connectivity index (χ1v) is 12.8. The van der Waals surface area contributed by atoms with Crippen LogP contribution in [0.4, 0.5) is 14.6 Å². The standard InChI is InChI=1S/C21H20ClF2N3O2.C6H12N2O/c1-28-18-8-5-13(9-19(18)29-2)15-10-17(21(23)24)27-20(25-15)11-16(26-27)12-3-6-14(22)7-4-12;1-6-4-7-2-3-8(6)5-9/h3-9,11,15,17,21,25H,10H2,1-2H3;5-7H,2-4H2,1H3/t;6-/m.0/s1. The van der Waals surface area contributed by atoms with E-state index in [2.05, 4.69) is 15.7 Å². The number of halogens is 3. The highest BCUT2D eigenvalue weighted by molar-refractivity contribution is 6.30. The molecule has 0 saturated carbocycles. The van der Waals surface area contributed by atoms with Gasteiger partial charge in [0.25, 0.3) is 6.43 Å². The molecule has 1 fully saturated rings. The van der Waals surface area contributed by atoms with Gasteiger partial charge >= 0.3 is 0 Å². The van der Waals surface area contributed by atoms with Crippen LogP contribution in [-0.2, 0) is 4.79 Å². The number of fused-ring (bicyclic) bond motifs is 1. The average molecular weight is 548 g/mol. The molecule has 2 aromatic carbocycles. The summed E-state index contributed by atoms with van der Waals surface area (Å²) in [6.07, 6.45) is -1.43. The molecule has 3 aromatic rings. The Hall–Kier alpha value is -3.37. The molecule has 3 heterocycles. The molecule has 8 nitrogen and oxygen atoms in total. The van der Waals surface area contributed by atoms with Crippen LogP contribution in [0.5, 0.6) is 11.5 Å². The molecule has 0 spiro atoms. The van der Waals surface area contributed by atoms with Crippen molar-refractivity contribution >= 4 is 23.8 Å². The number of methoxy groups -OCH3 is 2. The number of benzene rings is 2. The summed E-state index contributed by atoms with van der Waals surface area (Å²) in [6, 6.07) is 13.4. The molecule has 1 amide bonds. The maximum absolute atomic E-state index is 13.9. The van der Waals surface area contributed by atoms with E-state index >= 15 is 0 Å². The molecule has 5 rings (SSSR count). The zero-order valence-corrected chi connectivity index (χ0v) is 22.3. The molecule has 38 heavy (non-hydrogen) atoms. The third kappa shape index (κ3) is 6.19. The average Bonchev–Trinajstić information content (AvgIpc) is 3.37. The molecule has 3 atom stereocenters. The Labute approximate surface area is 225 Å². The van der Waals surface area contributed by atoms with E-state index in [1.165, 1.54) is 4.68 Å². The topological polar surface area (TPSA) is 80.7 Å². The lowest BCUT2D eigenvalue weighted by atomic mass is 9.97. The number of hydrogen-bond donors (Lipinski definition) is 2. The number of nitrogens with one attached hydrogen (secondary N) is 2. The minimum atomic E-state index is -2.54. The Morgan fingerprint density at radius 1 is 1.11 bits per heavy atom. The van der Waals surface area contributed by atoms with Crippen LogP contribution in [0.25, 0.3) is 11.3 Å². The van der Waals surface area contributed by atoms with E-state index in [1.54, 1.807) is 38.5 Å². The van der Waals surface area contributed by atoms with E-state index in [9.17, 15) is 13.6 Å². The Kier molecular flexibility index (Phi) is 9.06. The van der Waals surface area contributed by atoms with E-state index in [0.29, 0.717) is 34.1 Å². The van der Waals surface area contributed by atoms with Crippen LogP contribution < -0.4 is 20.1 Å². The summed E-state index contributed by atoms with van der Waals surface area (Å²) in [7, 11) is 3.10. The maximum atomic E-state index is 13.9. The first-order valence-electron chi connectivity index (χ1n) is 12.4. The van der Waals surface area contributed by atoms with Gasteiger partial charge in [-0.1, -0.05) is 29.8 Å². The predicted molar refractivity (Wildman–Crippen MR) is 143 cm³/mol. The fourth-order valence-electron chi connectivity index (χ4n) is 4.61. The van der Waals surface area contributed by atoms with E-state index in [1.807, 2.05) is 36.1 Å². The second kappa shape index (κ2) is 12.4. The van der Waals surface area contributed by atoms with Crippen LogP contribution in [0.3, 0.4) is 0 Å². The highest BCUT2D eigenvalue weighted by atomic mass is 35.5. The second-order valence-electron chi connectivity index (χ2n) is 9.21. The van der Waals surface area contributed by atoms with Crippen molar-refractivity contribution in [2.45, 2.75) is 37.9 Å². The van der Waals surface area contributed by atoms with Crippen molar-refractivity contribution in [2.75, 3.05) is 39.2 Å². The summed E-state index contributed by atoms with van der Waals surface area (Å²) >= 11 is 5.94. The quantitative estimate of drug-likeness (QED) is 0.422. The third-order valence-electron chi connectivity index (χ3n) is 6.78. The normalized spacial score (nSPS) is 20.6. The lowest BCUT2D eigenvalue weighted by Crippen LogP contribution is -2.48. The summed E-state index contributed by atoms with van der Waals surface area (Å²) < 4.78 is 39.7.